The summed E-state index contributed by atoms with van der Waals surface area (Å²) in [5.74, 6) is 0.667. The Balaban J connectivity index is 1.49. The molecule has 1 aliphatic heterocycles. The molecule has 1 aliphatic carbocycles. The summed E-state index contributed by atoms with van der Waals surface area (Å²) < 4.78 is 25.0. The molecule has 33 heavy (non-hydrogen) atoms. The lowest BCUT2D eigenvalue weighted by Gasteiger charge is -2.25. The Kier molecular flexibility index (Phi) is 5.06. The van der Waals surface area contributed by atoms with Gasteiger partial charge in [0.05, 0.1) is 16.3 Å². The van der Waals surface area contributed by atoms with Gasteiger partial charge in [0.15, 0.2) is 9.84 Å². The quantitative estimate of drug-likeness (QED) is 0.592. The Hall–Kier alpha value is -2.84. The second-order valence-electron chi connectivity index (χ2n) is 9.53. The van der Waals surface area contributed by atoms with Crippen LogP contribution in [-0.2, 0) is 20.8 Å². The van der Waals surface area contributed by atoms with Gasteiger partial charge in [-0.25, -0.2) is 18.4 Å². The monoisotopic (exact) mass is 463 g/mol. The minimum absolute atomic E-state index is 0.0819. The van der Waals surface area contributed by atoms with E-state index in [0.717, 1.165) is 41.9 Å². The molecule has 5 rings (SSSR count). The number of fused-ring (bicyclic) bond motifs is 2. The van der Waals surface area contributed by atoms with Gasteiger partial charge in [-0.1, -0.05) is 13.0 Å². The second-order valence-corrected chi connectivity index (χ2v) is 11.8. The van der Waals surface area contributed by atoms with Crippen LogP contribution < -0.4 is 10.2 Å². The van der Waals surface area contributed by atoms with Gasteiger partial charge in [0, 0.05) is 47.3 Å². The molecule has 0 atom stereocenters. The zero-order valence-electron chi connectivity index (χ0n) is 19.5. The van der Waals surface area contributed by atoms with Crippen LogP contribution in [0.2, 0.25) is 0 Å². The number of hydrogen-bond donors (Lipinski definition) is 1. The van der Waals surface area contributed by atoms with Crippen LogP contribution in [0.15, 0.2) is 53.8 Å². The summed E-state index contributed by atoms with van der Waals surface area (Å²) in [6, 6.07) is 9.59. The number of anilines is 2. The maximum Gasteiger partial charge on any atom is 0.229 e. The molecule has 0 saturated heterocycles. The highest BCUT2D eigenvalue weighted by Crippen LogP contribution is 2.58. The van der Waals surface area contributed by atoms with Gasteiger partial charge in [-0.15, -0.1) is 0 Å². The van der Waals surface area contributed by atoms with Gasteiger partial charge >= 0.3 is 0 Å². The highest BCUT2D eigenvalue weighted by Gasteiger charge is 2.52. The van der Waals surface area contributed by atoms with E-state index in [9.17, 15) is 8.42 Å². The highest BCUT2D eigenvalue weighted by atomic mass is 32.2. The molecule has 7 nitrogen and oxygen atoms in total. The molecular weight excluding hydrogens is 434 g/mol. The van der Waals surface area contributed by atoms with Gasteiger partial charge in [-0.3, -0.25) is 4.98 Å². The molecule has 2 aromatic heterocycles. The third-order valence-corrected chi connectivity index (χ3v) is 8.90. The topological polar surface area (TPSA) is 88.1 Å². The van der Waals surface area contributed by atoms with Crippen LogP contribution in [0.3, 0.4) is 0 Å². The number of rotatable bonds is 6. The first kappa shape index (κ1) is 22.0. The summed E-state index contributed by atoms with van der Waals surface area (Å²) in [6.45, 7) is 6.70. The molecule has 1 spiro atoms. The van der Waals surface area contributed by atoms with Gasteiger partial charge in [0.1, 0.15) is 0 Å². The number of hydrogen-bond acceptors (Lipinski definition) is 7. The van der Waals surface area contributed by atoms with Crippen molar-refractivity contribution < 1.29 is 8.42 Å². The predicted octanol–water partition coefficient (Wildman–Crippen LogP) is 3.97. The Morgan fingerprint density at radius 3 is 2.45 bits per heavy atom. The SMILES string of the molecule is CCS(=O)(=O)c1ccc2c(c1)N(c1ncc(-c3cc(C(C)(C)NC)ccn3)cn1)CC21CC1. The van der Waals surface area contributed by atoms with Crippen molar-refractivity contribution in [1.29, 1.82) is 0 Å². The van der Waals surface area contributed by atoms with E-state index in [2.05, 4.69) is 45.1 Å². The second kappa shape index (κ2) is 7.60. The van der Waals surface area contributed by atoms with E-state index in [-0.39, 0.29) is 16.7 Å². The average Bonchev–Trinajstić information content (AvgIpc) is 3.55. The molecule has 2 aliphatic rings. The molecule has 1 aromatic carbocycles. The molecule has 1 fully saturated rings. The number of nitrogens with zero attached hydrogens (tertiary/aromatic N) is 4. The zero-order valence-corrected chi connectivity index (χ0v) is 20.3. The van der Waals surface area contributed by atoms with Crippen LogP contribution >= 0.6 is 0 Å². The Morgan fingerprint density at radius 1 is 1.09 bits per heavy atom. The van der Waals surface area contributed by atoms with E-state index in [1.54, 1.807) is 37.6 Å². The van der Waals surface area contributed by atoms with E-state index >= 15 is 0 Å². The molecule has 0 bridgehead atoms. The van der Waals surface area contributed by atoms with Crippen molar-refractivity contribution in [2.45, 2.75) is 49.5 Å². The predicted molar refractivity (Wildman–Crippen MR) is 129 cm³/mol. The van der Waals surface area contributed by atoms with E-state index in [1.807, 2.05) is 19.2 Å². The minimum atomic E-state index is -3.28. The molecule has 8 heteroatoms. The first-order valence-electron chi connectivity index (χ1n) is 11.3. The third-order valence-electron chi connectivity index (χ3n) is 7.17. The van der Waals surface area contributed by atoms with Crippen molar-refractivity contribution in [3.8, 4) is 11.3 Å². The minimum Gasteiger partial charge on any atom is -0.311 e. The lowest BCUT2D eigenvalue weighted by atomic mass is 9.94. The number of nitrogens with one attached hydrogen (secondary N) is 1. The average molecular weight is 464 g/mol. The van der Waals surface area contributed by atoms with E-state index in [0.29, 0.717) is 10.8 Å². The molecule has 1 saturated carbocycles. The number of sulfone groups is 1. The fourth-order valence-electron chi connectivity index (χ4n) is 4.49. The summed E-state index contributed by atoms with van der Waals surface area (Å²) in [5, 5.41) is 3.32. The molecule has 0 radical (unpaired) electrons. The standard InChI is InChI=1S/C25H29N5O2S/c1-5-33(31,32)19-6-7-20-22(13-19)30(16-25(20)9-10-25)23-28-14-17(15-29-23)21-12-18(8-11-27-21)24(2,3)26-4/h6-8,11-15,26H,5,9-10,16H2,1-4H3. The van der Waals surface area contributed by atoms with Crippen molar-refractivity contribution in [3.63, 3.8) is 0 Å². The summed E-state index contributed by atoms with van der Waals surface area (Å²) in [7, 11) is -1.34. The van der Waals surface area contributed by atoms with Crippen LogP contribution in [0.4, 0.5) is 11.6 Å². The smallest absolute Gasteiger partial charge is 0.229 e. The zero-order chi connectivity index (χ0) is 23.4. The molecule has 0 amide bonds. The molecule has 1 N–H and O–H groups in total. The first-order valence-corrected chi connectivity index (χ1v) is 13.0. The van der Waals surface area contributed by atoms with E-state index in [1.165, 1.54) is 5.56 Å². The maximum absolute atomic E-state index is 12.5. The van der Waals surface area contributed by atoms with Crippen LogP contribution in [-0.4, -0.2) is 42.7 Å². The number of aromatic nitrogens is 3. The van der Waals surface area contributed by atoms with Crippen molar-refractivity contribution in [1.82, 2.24) is 20.3 Å². The molecule has 3 aromatic rings. The van der Waals surface area contributed by atoms with Crippen molar-refractivity contribution in [2.75, 3.05) is 24.2 Å². The Morgan fingerprint density at radius 2 is 1.82 bits per heavy atom. The summed E-state index contributed by atoms with van der Waals surface area (Å²) >= 11 is 0. The third kappa shape index (κ3) is 3.71. The Bertz CT molecular complexity index is 1310. The lowest BCUT2D eigenvalue weighted by molar-refractivity contribution is 0.444. The fourth-order valence-corrected chi connectivity index (χ4v) is 5.39. The summed E-state index contributed by atoms with van der Waals surface area (Å²) in [4.78, 5) is 16.3. The maximum atomic E-state index is 12.5. The molecule has 3 heterocycles. The van der Waals surface area contributed by atoms with Gasteiger partial charge in [0.2, 0.25) is 5.95 Å². The first-order chi connectivity index (χ1) is 15.7. The van der Waals surface area contributed by atoms with Gasteiger partial charge in [-0.05, 0) is 69.1 Å². The van der Waals surface area contributed by atoms with Gasteiger partial charge in [0.25, 0.3) is 0 Å². The van der Waals surface area contributed by atoms with Crippen LogP contribution in [0.5, 0.6) is 0 Å². The van der Waals surface area contributed by atoms with Crippen LogP contribution in [0.1, 0.15) is 44.7 Å². The molecule has 172 valence electrons. The number of benzene rings is 1. The van der Waals surface area contributed by atoms with E-state index < -0.39 is 9.84 Å². The van der Waals surface area contributed by atoms with Gasteiger partial charge in [-0.2, -0.15) is 0 Å². The van der Waals surface area contributed by atoms with Crippen molar-refractivity contribution in [2.24, 2.45) is 0 Å². The van der Waals surface area contributed by atoms with Crippen LogP contribution in [0.25, 0.3) is 11.3 Å². The Labute approximate surface area is 195 Å². The largest absolute Gasteiger partial charge is 0.311 e. The molecular formula is C25H29N5O2S. The number of pyridine rings is 1. The highest BCUT2D eigenvalue weighted by molar-refractivity contribution is 7.91. The molecule has 0 unspecified atom stereocenters. The summed E-state index contributed by atoms with van der Waals surface area (Å²) in [6.07, 6.45) is 7.61. The van der Waals surface area contributed by atoms with Gasteiger partial charge < -0.3 is 10.2 Å². The lowest BCUT2D eigenvalue weighted by Crippen LogP contribution is -2.33. The van der Waals surface area contributed by atoms with E-state index in [4.69, 9.17) is 0 Å². The van der Waals surface area contributed by atoms with Crippen molar-refractivity contribution >= 4 is 21.5 Å². The summed E-state index contributed by atoms with van der Waals surface area (Å²) in [5.41, 5.74) is 4.83. The normalized spacial score (nSPS) is 16.8. The van der Waals surface area contributed by atoms with Crippen LogP contribution in [0, 0.1) is 0 Å². The van der Waals surface area contributed by atoms with Crippen molar-refractivity contribution in [3.05, 3.63) is 60.0 Å². The fraction of sp³-hybridized carbons (Fsp3) is 0.400.